The van der Waals surface area contributed by atoms with Crippen LogP contribution in [0.5, 0.6) is 0 Å². The van der Waals surface area contributed by atoms with Crippen molar-refractivity contribution in [3.63, 3.8) is 0 Å². The average Bonchev–Trinajstić information content (AvgIpc) is 2.68. The van der Waals surface area contributed by atoms with Crippen LogP contribution in [0.15, 0.2) is 42.6 Å². The quantitative estimate of drug-likeness (QED) is 0.810. The van der Waals surface area contributed by atoms with Gasteiger partial charge in [-0.3, -0.25) is 4.79 Å². The number of benzene rings is 1. The zero-order chi connectivity index (χ0) is 10.7. The smallest absolute Gasteiger partial charge is 0.233 e. The molecule has 0 aliphatic carbocycles. The van der Waals surface area contributed by atoms with E-state index in [-0.39, 0.29) is 17.9 Å². The molecule has 1 amide bonds. The molecule has 15 heavy (non-hydrogen) atoms. The molecule has 2 unspecified atom stereocenters. The van der Waals surface area contributed by atoms with Crippen LogP contribution in [0.25, 0.3) is 0 Å². The monoisotopic (exact) mass is 203 g/mol. The van der Waals surface area contributed by atoms with Gasteiger partial charge in [0.15, 0.2) is 0 Å². The van der Waals surface area contributed by atoms with Gasteiger partial charge in [0.05, 0.1) is 12.0 Å². The summed E-state index contributed by atoms with van der Waals surface area (Å²) in [5.74, 6) is -0.233. The summed E-state index contributed by atoms with van der Waals surface area (Å²) in [6.45, 7) is 0. The second kappa shape index (κ2) is 4.28. The van der Waals surface area contributed by atoms with E-state index in [0.717, 1.165) is 5.56 Å². The number of rotatable bonds is 3. The highest BCUT2D eigenvalue weighted by molar-refractivity contribution is 5.84. The Morgan fingerprint density at radius 1 is 1.33 bits per heavy atom. The maximum absolute atomic E-state index is 11.5. The molecule has 0 spiro atoms. The molecular weight excluding hydrogens is 190 g/mol. The van der Waals surface area contributed by atoms with Gasteiger partial charge in [-0.15, -0.1) is 0 Å². The van der Waals surface area contributed by atoms with Crippen molar-refractivity contribution in [2.24, 2.45) is 5.92 Å². The second-order valence-corrected chi connectivity index (χ2v) is 3.46. The highest BCUT2D eigenvalue weighted by atomic mass is 16.5. The first-order chi connectivity index (χ1) is 7.33. The van der Waals surface area contributed by atoms with E-state index in [4.69, 9.17) is 4.74 Å². The molecule has 0 fully saturated rings. The first-order valence-electron chi connectivity index (χ1n) is 4.87. The van der Waals surface area contributed by atoms with Crippen LogP contribution in [0.3, 0.4) is 0 Å². The van der Waals surface area contributed by atoms with E-state index >= 15 is 0 Å². The van der Waals surface area contributed by atoms with Crippen molar-refractivity contribution in [3.8, 4) is 0 Å². The first-order valence-corrected chi connectivity index (χ1v) is 4.87. The molecule has 0 radical (unpaired) electrons. The van der Waals surface area contributed by atoms with Crippen LogP contribution < -0.4 is 5.32 Å². The Morgan fingerprint density at radius 3 is 2.60 bits per heavy atom. The Labute approximate surface area is 88.8 Å². The lowest BCUT2D eigenvalue weighted by atomic mass is 9.96. The molecule has 0 bridgehead atoms. The van der Waals surface area contributed by atoms with Gasteiger partial charge in [-0.05, 0) is 5.56 Å². The first kappa shape index (κ1) is 9.93. The number of carbonyl (C=O) groups excluding carboxylic acids is 1. The van der Waals surface area contributed by atoms with Crippen LogP contribution in [0.4, 0.5) is 0 Å². The number of nitrogens with one attached hydrogen (secondary N) is 1. The van der Waals surface area contributed by atoms with Crippen LogP contribution in [0.1, 0.15) is 11.7 Å². The van der Waals surface area contributed by atoms with Crippen LogP contribution in [0.2, 0.25) is 0 Å². The molecule has 3 nitrogen and oxygen atoms in total. The highest BCUT2D eigenvalue weighted by Gasteiger charge is 2.29. The van der Waals surface area contributed by atoms with Gasteiger partial charge in [-0.1, -0.05) is 36.4 Å². The number of carbonyl (C=O) groups is 1. The van der Waals surface area contributed by atoms with E-state index in [1.54, 1.807) is 13.3 Å². The SMILES string of the molecule is COC(c1ccccc1)C1C=CNC1=O. The molecule has 2 rings (SSSR count). The van der Waals surface area contributed by atoms with Crippen LogP contribution in [-0.4, -0.2) is 13.0 Å². The molecule has 1 aromatic rings. The van der Waals surface area contributed by atoms with Gasteiger partial charge >= 0.3 is 0 Å². The standard InChI is InChI=1S/C12H13NO2/c1-15-11(9-5-3-2-4-6-9)10-7-8-13-12(10)14/h2-8,10-11H,1H3,(H,13,14). The summed E-state index contributed by atoms with van der Waals surface area (Å²) in [5, 5.41) is 2.65. The Morgan fingerprint density at radius 2 is 2.07 bits per heavy atom. The maximum atomic E-state index is 11.5. The van der Waals surface area contributed by atoms with Crippen molar-refractivity contribution in [1.82, 2.24) is 5.32 Å². The zero-order valence-electron chi connectivity index (χ0n) is 8.51. The third-order valence-electron chi connectivity index (χ3n) is 2.54. The van der Waals surface area contributed by atoms with Gasteiger partial charge in [0, 0.05) is 13.3 Å². The minimum atomic E-state index is -0.225. The predicted octanol–water partition coefficient (Wildman–Crippen LogP) is 1.63. The molecule has 0 saturated carbocycles. The van der Waals surface area contributed by atoms with Gasteiger partial charge in [0.2, 0.25) is 5.91 Å². The van der Waals surface area contributed by atoms with Gasteiger partial charge < -0.3 is 10.1 Å². The van der Waals surface area contributed by atoms with Gasteiger partial charge in [-0.2, -0.15) is 0 Å². The predicted molar refractivity (Wildman–Crippen MR) is 57.0 cm³/mol. The van der Waals surface area contributed by atoms with Crippen molar-refractivity contribution in [2.45, 2.75) is 6.10 Å². The van der Waals surface area contributed by atoms with Crippen LogP contribution in [-0.2, 0) is 9.53 Å². The summed E-state index contributed by atoms with van der Waals surface area (Å²) in [5.41, 5.74) is 1.02. The van der Waals surface area contributed by atoms with E-state index in [2.05, 4.69) is 5.32 Å². The van der Waals surface area contributed by atoms with E-state index < -0.39 is 0 Å². The molecule has 1 aliphatic rings. The Kier molecular flexibility index (Phi) is 2.83. The lowest BCUT2D eigenvalue weighted by molar-refractivity contribution is -0.125. The molecular formula is C12H13NO2. The number of hydrogen-bond acceptors (Lipinski definition) is 2. The van der Waals surface area contributed by atoms with Crippen molar-refractivity contribution < 1.29 is 9.53 Å². The summed E-state index contributed by atoms with van der Waals surface area (Å²) in [7, 11) is 1.62. The van der Waals surface area contributed by atoms with Crippen LogP contribution >= 0.6 is 0 Å². The lowest BCUT2D eigenvalue weighted by Gasteiger charge is -2.19. The molecule has 3 heteroatoms. The zero-order valence-corrected chi connectivity index (χ0v) is 8.51. The molecule has 0 aromatic heterocycles. The molecule has 2 atom stereocenters. The molecule has 1 N–H and O–H groups in total. The molecule has 1 aliphatic heterocycles. The third-order valence-corrected chi connectivity index (χ3v) is 2.54. The number of hydrogen-bond donors (Lipinski definition) is 1. The van der Waals surface area contributed by atoms with E-state index in [9.17, 15) is 4.79 Å². The Bertz CT molecular complexity index is 372. The average molecular weight is 203 g/mol. The summed E-state index contributed by atoms with van der Waals surface area (Å²) < 4.78 is 5.38. The van der Waals surface area contributed by atoms with Crippen molar-refractivity contribution in [1.29, 1.82) is 0 Å². The summed E-state index contributed by atoms with van der Waals surface area (Å²) in [6.07, 6.45) is 3.30. The summed E-state index contributed by atoms with van der Waals surface area (Å²) >= 11 is 0. The fraction of sp³-hybridized carbons (Fsp3) is 0.250. The summed E-state index contributed by atoms with van der Waals surface area (Å²) in [6, 6.07) is 9.76. The molecule has 1 heterocycles. The van der Waals surface area contributed by atoms with E-state index in [1.165, 1.54) is 0 Å². The van der Waals surface area contributed by atoms with Gasteiger partial charge in [-0.25, -0.2) is 0 Å². The normalized spacial score (nSPS) is 21.4. The Hall–Kier alpha value is -1.61. The summed E-state index contributed by atoms with van der Waals surface area (Å²) in [4.78, 5) is 11.5. The highest BCUT2D eigenvalue weighted by Crippen LogP contribution is 2.28. The fourth-order valence-corrected chi connectivity index (χ4v) is 1.79. The Balaban J connectivity index is 2.24. The van der Waals surface area contributed by atoms with E-state index in [1.807, 2.05) is 36.4 Å². The van der Waals surface area contributed by atoms with Crippen molar-refractivity contribution in [3.05, 3.63) is 48.2 Å². The van der Waals surface area contributed by atoms with Gasteiger partial charge in [0.1, 0.15) is 0 Å². The number of amides is 1. The van der Waals surface area contributed by atoms with Crippen molar-refractivity contribution in [2.75, 3.05) is 7.11 Å². The molecule has 1 aromatic carbocycles. The fourth-order valence-electron chi connectivity index (χ4n) is 1.79. The third kappa shape index (κ3) is 1.92. The largest absolute Gasteiger partial charge is 0.376 e. The van der Waals surface area contributed by atoms with Crippen molar-refractivity contribution >= 4 is 5.91 Å². The lowest BCUT2D eigenvalue weighted by Crippen LogP contribution is -2.25. The van der Waals surface area contributed by atoms with Crippen LogP contribution in [0, 0.1) is 5.92 Å². The number of methoxy groups -OCH3 is 1. The topological polar surface area (TPSA) is 38.3 Å². The minimum absolute atomic E-state index is 0.00861. The number of ether oxygens (including phenoxy) is 1. The van der Waals surface area contributed by atoms with E-state index in [0.29, 0.717) is 0 Å². The molecule has 0 saturated heterocycles. The van der Waals surface area contributed by atoms with Gasteiger partial charge in [0.25, 0.3) is 0 Å². The minimum Gasteiger partial charge on any atom is -0.376 e. The maximum Gasteiger partial charge on any atom is 0.233 e. The second-order valence-electron chi connectivity index (χ2n) is 3.46. The molecule has 78 valence electrons.